The number of unbranched alkanes of at least 4 members (excludes halogenated alkanes) is 1. The van der Waals surface area contributed by atoms with Gasteiger partial charge >= 0.3 is 0 Å². The zero-order chi connectivity index (χ0) is 23.5. The highest BCUT2D eigenvalue weighted by atomic mass is 15.0. The van der Waals surface area contributed by atoms with E-state index in [1.54, 1.807) is 0 Å². The third kappa shape index (κ3) is 13.6. The third-order valence-electron chi connectivity index (χ3n) is 4.49. The Labute approximate surface area is 192 Å². The number of hydrogen-bond donors (Lipinski definition) is 2. The monoisotopic (exact) mass is 420 g/mol. The van der Waals surface area contributed by atoms with E-state index in [0.29, 0.717) is 12.0 Å². The van der Waals surface area contributed by atoms with Crippen LogP contribution in [0.4, 0.5) is 0 Å². The minimum absolute atomic E-state index is 0.649. The van der Waals surface area contributed by atoms with E-state index in [0.717, 1.165) is 17.7 Å². The Balaban J connectivity index is 0.000000688. The maximum atomic E-state index is 3.56. The fourth-order valence-corrected chi connectivity index (χ4v) is 2.66. The van der Waals surface area contributed by atoms with E-state index in [-0.39, 0.29) is 0 Å². The van der Waals surface area contributed by atoms with Crippen molar-refractivity contribution in [1.29, 1.82) is 0 Å². The van der Waals surface area contributed by atoms with Crippen molar-refractivity contribution in [2.24, 2.45) is 0 Å². The second kappa shape index (κ2) is 18.4. The van der Waals surface area contributed by atoms with Crippen molar-refractivity contribution < 1.29 is 0 Å². The number of benzene rings is 2. The van der Waals surface area contributed by atoms with Gasteiger partial charge in [-0.2, -0.15) is 0 Å². The predicted molar refractivity (Wildman–Crippen MR) is 140 cm³/mol. The van der Waals surface area contributed by atoms with Crippen molar-refractivity contribution in [1.82, 2.24) is 10.6 Å². The summed E-state index contributed by atoms with van der Waals surface area (Å²) >= 11 is 0. The molecule has 170 valence electrons. The van der Waals surface area contributed by atoms with E-state index in [1.807, 2.05) is 58.3 Å². The lowest BCUT2D eigenvalue weighted by molar-refractivity contribution is 0.303. The van der Waals surface area contributed by atoms with Gasteiger partial charge in [0.15, 0.2) is 0 Å². The van der Waals surface area contributed by atoms with Crippen LogP contribution in [0.3, 0.4) is 0 Å². The molecule has 2 N–H and O–H groups in total. The summed E-state index contributed by atoms with van der Waals surface area (Å²) in [4.78, 5) is 0. The van der Waals surface area contributed by atoms with Gasteiger partial charge < -0.3 is 10.6 Å². The first-order valence-electron chi connectivity index (χ1n) is 11.5. The minimum Gasteiger partial charge on any atom is -0.323 e. The lowest BCUT2D eigenvalue weighted by Crippen LogP contribution is -2.50. The molecule has 0 amide bonds. The van der Waals surface area contributed by atoms with Gasteiger partial charge in [0, 0.05) is 29.6 Å². The van der Waals surface area contributed by atoms with Gasteiger partial charge in [-0.3, -0.25) is 0 Å². The van der Waals surface area contributed by atoms with Crippen LogP contribution in [0.1, 0.15) is 76.5 Å². The molecule has 1 aliphatic rings. The SMILES string of the molecule is C=C(C)C.CCC1NC[C@@H]1c1ccc(C#Cc2ccccc2)cc1.CCCC.CNC. The van der Waals surface area contributed by atoms with Crippen molar-refractivity contribution in [3.05, 3.63) is 83.4 Å². The van der Waals surface area contributed by atoms with E-state index in [1.165, 1.54) is 30.4 Å². The molecular formula is C29H44N2. The highest BCUT2D eigenvalue weighted by molar-refractivity contribution is 5.44. The zero-order valence-corrected chi connectivity index (χ0v) is 20.9. The van der Waals surface area contributed by atoms with E-state index in [4.69, 9.17) is 0 Å². The molecule has 0 bridgehead atoms. The molecule has 0 spiro atoms. The van der Waals surface area contributed by atoms with Gasteiger partial charge in [0.25, 0.3) is 0 Å². The first-order chi connectivity index (χ1) is 14.9. The largest absolute Gasteiger partial charge is 0.323 e. The second-order valence-electron chi connectivity index (χ2n) is 7.97. The molecule has 2 heteroatoms. The minimum atomic E-state index is 0.649. The molecule has 31 heavy (non-hydrogen) atoms. The molecule has 0 aliphatic carbocycles. The molecule has 1 fully saturated rings. The average molecular weight is 421 g/mol. The highest BCUT2D eigenvalue weighted by Gasteiger charge is 2.29. The Bertz CT molecular complexity index is 743. The summed E-state index contributed by atoms with van der Waals surface area (Å²) in [7, 11) is 3.75. The zero-order valence-electron chi connectivity index (χ0n) is 20.9. The molecule has 2 aromatic rings. The van der Waals surface area contributed by atoms with Crippen LogP contribution in [0, 0.1) is 11.8 Å². The molecule has 1 saturated heterocycles. The van der Waals surface area contributed by atoms with Crippen LogP contribution in [0.15, 0.2) is 66.7 Å². The number of nitrogens with one attached hydrogen (secondary N) is 2. The van der Waals surface area contributed by atoms with Crippen LogP contribution in [0.2, 0.25) is 0 Å². The lowest BCUT2D eigenvalue weighted by Gasteiger charge is -2.38. The topological polar surface area (TPSA) is 24.1 Å². The Morgan fingerprint density at radius 3 is 1.71 bits per heavy atom. The van der Waals surface area contributed by atoms with Gasteiger partial charge in [-0.15, -0.1) is 6.58 Å². The van der Waals surface area contributed by atoms with E-state index in [2.05, 4.69) is 74.1 Å². The Morgan fingerprint density at radius 2 is 1.35 bits per heavy atom. The lowest BCUT2D eigenvalue weighted by atomic mass is 9.83. The molecule has 0 saturated carbocycles. The quantitative estimate of drug-likeness (QED) is 0.422. The molecule has 2 nitrogen and oxygen atoms in total. The summed E-state index contributed by atoms with van der Waals surface area (Å²) in [6.07, 6.45) is 3.83. The van der Waals surface area contributed by atoms with Gasteiger partial charge in [0.1, 0.15) is 0 Å². The third-order valence-corrected chi connectivity index (χ3v) is 4.49. The van der Waals surface area contributed by atoms with Crippen molar-refractivity contribution in [3.63, 3.8) is 0 Å². The molecular weight excluding hydrogens is 376 g/mol. The fraction of sp³-hybridized carbons (Fsp3) is 0.448. The summed E-state index contributed by atoms with van der Waals surface area (Å²) in [5.74, 6) is 7.09. The first-order valence-corrected chi connectivity index (χ1v) is 11.5. The van der Waals surface area contributed by atoms with E-state index >= 15 is 0 Å². The number of allylic oxidation sites excluding steroid dienone is 1. The van der Waals surface area contributed by atoms with E-state index in [9.17, 15) is 0 Å². The van der Waals surface area contributed by atoms with Crippen LogP contribution in [-0.2, 0) is 0 Å². The standard InChI is InChI=1S/C19H19N.C4H8.C4H10.C2H7N/c1-2-19-18(14-20-19)17-12-10-16(11-13-17)9-8-15-6-4-3-5-7-15;1-4(2)3;1-3-4-2;1-3-2/h3-7,10-13,18-20H,2,14H2,1H3;1H2,2-3H3;3-4H2,1-2H3;3H,1-2H3/t18-,19?;;;/m1.../s1. The average Bonchev–Trinajstić information content (AvgIpc) is 2.74. The molecule has 1 aliphatic heterocycles. The predicted octanol–water partition coefficient (Wildman–Crippen LogP) is 6.78. The van der Waals surface area contributed by atoms with Crippen LogP contribution in [0.25, 0.3) is 0 Å². The normalized spacial score (nSPS) is 15.7. The van der Waals surface area contributed by atoms with E-state index < -0.39 is 0 Å². The smallest absolute Gasteiger partial charge is 0.0249 e. The molecule has 2 aromatic carbocycles. The second-order valence-corrected chi connectivity index (χ2v) is 7.97. The number of hydrogen-bond acceptors (Lipinski definition) is 2. The van der Waals surface area contributed by atoms with Crippen molar-refractivity contribution in [3.8, 4) is 11.8 Å². The maximum absolute atomic E-state index is 3.56. The van der Waals surface area contributed by atoms with Gasteiger partial charge in [-0.05, 0) is 64.2 Å². The van der Waals surface area contributed by atoms with Gasteiger partial charge in [0.2, 0.25) is 0 Å². The molecule has 3 rings (SSSR count). The Hall–Kier alpha value is -2.34. The summed E-state index contributed by atoms with van der Waals surface area (Å²) in [6.45, 7) is 15.2. The van der Waals surface area contributed by atoms with Crippen molar-refractivity contribution in [2.75, 3.05) is 20.6 Å². The summed E-state index contributed by atoms with van der Waals surface area (Å²) in [6, 6.07) is 19.5. The molecule has 1 unspecified atom stereocenters. The van der Waals surface area contributed by atoms with Crippen LogP contribution in [-0.4, -0.2) is 26.7 Å². The molecule has 0 aromatic heterocycles. The van der Waals surface area contributed by atoms with Gasteiger partial charge in [0.05, 0.1) is 0 Å². The first kappa shape index (κ1) is 28.7. The number of rotatable bonds is 3. The fourth-order valence-electron chi connectivity index (χ4n) is 2.66. The van der Waals surface area contributed by atoms with Crippen LogP contribution >= 0.6 is 0 Å². The molecule has 0 radical (unpaired) electrons. The van der Waals surface area contributed by atoms with Crippen LogP contribution in [0.5, 0.6) is 0 Å². The molecule has 2 atom stereocenters. The van der Waals surface area contributed by atoms with Gasteiger partial charge in [-0.1, -0.05) is 81.4 Å². The maximum Gasteiger partial charge on any atom is 0.0249 e. The molecule has 1 heterocycles. The summed E-state index contributed by atoms with van der Waals surface area (Å²) in [5, 5.41) is 6.23. The summed E-state index contributed by atoms with van der Waals surface area (Å²) in [5.41, 5.74) is 4.74. The summed E-state index contributed by atoms with van der Waals surface area (Å²) < 4.78 is 0. The highest BCUT2D eigenvalue weighted by Crippen LogP contribution is 2.27. The van der Waals surface area contributed by atoms with Crippen LogP contribution < -0.4 is 10.6 Å². The van der Waals surface area contributed by atoms with Gasteiger partial charge in [-0.25, -0.2) is 0 Å². The Morgan fingerprint density at radius 1 is 0.903 bits per heavy atom. The van der Waals surface area contributed by atoms with Crippen molar-refractivity contribution >= 4 is 0 Å². The Kier molecular flexibility index (Phi) is 17.0. The van der Waals surface area contributed by atoms with Crippen molar-refractivity contribution in [2.45, 2.75) is 65.8 Å².